The Balaban J connectivity index is 0.00000312. The van der Waals surface area contributed by atoms with Crippen molar-refractivity contribution in [1.29, 1.82) is 0 Å². The zero-order chi connectivity index (χ0) is 17.2. The van der Waals surface area contributed by atoms with Gasteiger partial charge in [-0.25, -0.2) is 0 Å². The molecule has 1 amide bonds. The standard InChI is InChI=1S/C17H28N4O2S.HI/c1-3-23-14-7-11-21(12-8-14)17(18-2)20-10-5-9-19-16(22)15-6-4-13-24-15;/h4,6,13-14H,3,5,7-12H2,1-2H3,(H,18,20)(H,19,22);1H. The summed E-state index contributed by atoms with van der Waals surface area (Å²) in [4.78, 5) is 19.2. The van der Waals surface area contributed by atoms with E-state index in [1.54, 1.807) is 0 Å². The Hall–Kier alpha value is -0.870. The van der Waals surface area contributed by atoms with Crippen LogP contribution in [0.5, 0.6) is 0 Å². The molecule has 1 aliphatic rings. The Labute approximate surface area is 171 Å². The van der Waals surface area contributed by atoms with Gasteiger partial charge in [-0.05, 0) is 37.6 Å². The van der Waals surface area contributed by atoms with Crippen LogP contribution in [-0.2, 0) is 4.74 Å². The molecule has 0 saturated carbocycles. The summed E-state index contributed by atoms with van der Waals surface area (Å²) in [5.74, 6) is 0.946. The second-order valence-corrected chi connectivity index (χ2v) is 6.65. The second-order valence-electron chi connectivity index (χ2n) is 5.70. The predicted molar refractivity (Wildman–Crippen MR) is 114 cm³/mol. The molecule has 142 valence electrons. The summed E-state index contributed by atoms with van der Waals surface area (Å²) in [6.45, 7) is 6.23. The Morgan fingerprint density at radius 1 is 1.36 bits per heavy atom. The third-order valence-electron chi connectivity index (χ3n) is 4.02. The van der Waals surface area contributed by atoms with E-state index in [1.807, 2.05) is 31.5 Å². The molecule has 2 rings (SSSR count). The van der Waals surface area contributed by atoms with Gasteiger partial charge in [-0.2, -0.15) is 0 Å². The maximum absolute atomic E-state index is 11.8. The van der Waals surface area contributed by atoms with Crippen LogP contribution in [0.3, 0.4) is 0 Å². The van der Waals surface area contributed by atoms with Crippen molar-refractivity contribution in [1.82, 2.24) is 15.5 Å². The molecule has 25 heavy (non-hydrogen) atoms. The Bertz CT molecular complexity index is 517. The monoisotopic (exact) mass is 480 g/mol. The molecule has 1 aliphatic heterocycles. The molecule has 0 atom stereocenters. The summed E-state index contributed by atoms with van der Waals surface area (Å²) >= 11 is 1.46. The average molecular weight is 480 g/mol. The molecule has 8 heteroatoms. The highest BCUT2D eigenvalue weighted by molar-refractivity contribution is 14.0. The molecule has 0 bridgehead atoms. The van der Waals surface area contributed by atoms with Gasteiger partial charge in [0.25, 0.3) is 5.91 Å². The first-order chi connectivity index (χ1) is 11.7. The van der Waals surface area contributed by atoms with Gasteiger partial charge >= 0.3 is 0 Å². The molecule has 0 unspecified atom stereocenters. The minimum absolute atomic E-state index is 0. The number of hydrogen-bond acceptors (Lipinski definition) is 4. The number of carbonyl (C=O) groups is 1. The van der Waals surface area contributed by atoms with E-state index >= 15 is 0 Å². The lowest BCUT2D eigenvalue weighted by molar-refractivity contribution is 0.0264. The van der Waals surface area contributed by atoms with Crippen LogP contribution in [0.2, 0.25) is 0 Å². The highest BCUT2D eigenvalue weighted by Crippen LogP contribution is 2.13. The van der Waals surface area contributed by atoms with Gasteiger partial charge in [0, 0.05) is 39.8 Å². The summed E-state index contributed by atoms with van der Waals surface area (Å²) in [6, 6.07) is 3.73. The van der Waals surface area contributed by atoms with E-state index in [4.69, 9.17) is 4.74 Å². The minimum atomic E-state index is 0. The van der Waals surface area contributed by atoms with E-state index in [2.05, 4.69) is 20.5 Å². The van der Waals surface area contributed by atoms with Crippen LogP contribution in [0, 0.1) is 0 Å². The zero-order valence-electron chi connectivity index (χ0n) is 15.0. The first kappa shape index (κ1) is 22.2. The van der Waals surface area contributed by atoms with Gasteiger partial charge in [0.2, 0.25) is 0 Å². The first-order valence-corrected chi connectivity index (χ1v) is 9.51. The summed E-state index contributed by atoms with van der Waals surface area (Å²) < 4.78 is 5.68. The molecule has 0 spiro atoms. The van der Waals surface area contributed by atoms with Crippen LogP contribution in [-0.4, -0.2) is 62.7 Å². The van der Waals surface area contributed by atoms with Crippen molar-refractivity contribution < 1.29 is 9.53 Å². The van der Waals surface area contributed by atoms with E-state index in [9.17, 15) is 4.79 Å². The van der Waals surface area contributed by atoms with Crippen LogP contribution < -0.4 is 10.6 Å². The Kier molecular flexibility index (Phi) is 11.1. The number of nitrogens with zero attached hydrogens (tertiary/aromatic N) is 2. The highest BCUT2D eigenvalue weighted by Gasteiger charge is 2.21. The van der Waals surface area contributed by atoms with Crippen molar-refractivity contribution in [3.8, 4) is 0 Å². The number of rotatable bonds is 7. The van der Waals surface area contributed by atoms with Gasteiger partial charge in [-0.15, -0.1) is 35.3 Å². The van der Waals surface area contributed by atoms with Gasteiger partial charge in [0.15, 0.2) is 5.96 Å². The van der Waals surface area contributed by atoms with Gasteiger partial charge in [-0.3, -0.25) is 9.79 Å². The summed E-state index contributed by atoms with van der Waals surface area (Å²) in [6.07, 6.45) is 3.35. The van der Waals surface area contributed by atoms with Crippen LogP contribution >= 0.6 is 35.3 Å². The van der Waals surface area contributed by atoms with Crippen LogP contribution in [0.25, 0.3) is 0 Å². The van der Waals surface area contributed by atoms with E-state index in [1.165, 1.54) is 11.3 Å². The van der Waals surface area contributed by atoms with Gasteiger partial charge < -0.3 is 20.3 Å². The average Bonchev–Trinajstić information content (AvgIpc) is 3.14. The number of nitrogens with one attached hydrogen (secondary N) is 2. The Morgan fingerprint density at radius 2 is 2.08 bits per heavy atom. The van der Waals surface area contributed by atoms with Crippen molar-refractivity contribution in [3.05, 3.63) is 22.4 Å². The van der Waals surface area contributed by atoms with Crippen molar-refractivity contribution >= 4 is 47.2 Å². The molecule has 1 fully saturated rings. The van der Waals surface area contributed by atoms with Gasteiger partial charge in [-0.1, -0.05) is 6.07 Å². The molecule has 0 radical (unpaired) electrons. The number of likely N-dealkylation sites (tertiary alicyclic amines) is 1. The van der Waals surface area contributed by atoms with Crippen molar-refractivity contribution in [2.75, 3.05) is 39.8 Å². The fourth-order valence-electron chi connectivity index (χ4n) is 2.79. The molecule has 1 saturated heterocycles. The number of ether oxygens (including phenoxy) is 1. The maximum atomic E-state index is 11.8. The molecule has 0 aromatic carbocycles. The first-order valence-electron chi connectivity index (χ1n) is 8.63. The lowest BCUT2D eigenvalue weighted by Crippen LogP contribution is -2.47. The van der Waals surface area contributed by atoms with Gasteiger partial charge in [0.1, 0.15) is 0 Å². The molecule has 6 nitrogen and oxygen atoms in total. The third kappa shape index (κ3) is 7.49. The molecule has 0 aliphatic carbocycles. The summed E-state index contributed by atoms with van der Waals surface area (Å²) in [5.41, 5.74) is 0. The fourth-order valence-corrected chi connectivity index (χ4v) is 3.43. The smallest absolute Gasteiger partial charge is 0.261 e. The van der Waals surface area contributed by atoms with E-state index in [0.29, 0.717) is 12.6 Å². The molecular formula is C17H29IN4O2S. The van der Waals surface area contributed by atoms with E-state index in [0.717, 1.165) is 56.3 Å². The van der Waals surface area contributed by atoms with Crippen molar-refractivity contribution in [2.24, 2.45) is 4.99 Å². The lowest BCUT2D eigenvalue weighted by atomic mass is 10.1. The molecule has 2 heterocycles. The topological polar surface area (TPSA) is 66.0 Å². The second kappa shape index (κ2) is 12.5. The lowest BCUT2D eigenvalue weighted by Gasteiger charge is -2.34. The van der Waals surface area contributed by atoms with Crippen molar-refractivity contribution in [2.45, 2.75) is 32.3 Å². The molecule has 1 aromatic rings. The number of thiophene rings is 1. The van der Waals surface area contributed by atoms with Crippen molar-refractivity contribution in [3.63, 3.8) is 0 Å². The Morgan fingerprint density at radius 3 is 2.68 bits per heavy atom. The predicted octanol–water partition coefficient (Wildman–Crippen LogP) is 2.56. The molecule has 2 N–H and O–H groups in total. The number of amides is 1. The number of hydrogen-bond donors (Lipinski definition) is 2. The highest BCUT2D eigenvalue weighted by atomic mass is 127. The number of aliphatic imine (C=N–C) groups is 1. The SMILES string of the molecule is CCOC1CCN(C(=NC)NCCCNC(=O)c2cccs2)CC1.I. The number of guanidine groups is 1. The maximum Gasteiger partial charge on any atom is 0.261 e. The largest absolute Gasteiger partial charge is 0.378 e. The number of halogens is 1. The quantitative estimate of drug-likeness (QED) is 0.273. The minimum Gasteiger partial charge on any atom is -0.378 e. The number of carbonyl (C=O) groups excluding carboxylic acids is 1. The summed E-state index contributed by atoms with van der Waals surface area (Å²) in [7, 11) is 1.82. The van der Waals surface area contributed by atoms with Crippen LogP contribution in [0.1, 0.15) is 35.9 Å². The van der Waals surface area contributed by atoms with Crippen LogP contribution in [0.4, 0.5) is 0 Å². The molecular weight excluding hydrogens is 451 g/mol. The molecule has 1 aromatic heterocycles. The zero-order valence-corrected chi connectivity index (χ0v) is 18.1. The third-order valence-corrected chi connectivity index (χ3v) is 4.89. The van der Waals surface area contributed by atoms with E-state index in [-0.39, 0.29) is 29.9 Å². The summed E-state index contributed by atoms with van der Waals surface area (Å²) in [5, 5.41) is 8.23. The van der Waals surface area contributed by atoms with Gasteiger partial charge in [0.05, 0.1) is 11.0 Å². The number of piperidine rings is 1. The van der Waals surface area contributed by atoms with E-state index < -0.39 is 0 Å². The fraction of sp³-hybridized carbons (Fsp3) is 0.647. The van der Waals surface area contributed by atoms with Crippen LogP contribution in [0.15, 0.2) is 22.5 Å². The normalized spacial score (nSPS) is 15.6.